The first-order chi connectivity index (χ1) is 8.49. The van der Waals surface area contributed by atoms with Gasteiger partial charge in [0.2, 0.25) is 0 Å². The monoisotopic (exact) mass is 248 g/mol. The Morgan fingerprint density at radius 1 is 1.39 bits per heavy atom. The number of hydrogen-bond donors (Lipinski definition) is 1. The van der Waals surface area contributed by atoms with Crippen LogP contribution in [0.4, 0.5) is 10.1 Å². The van der Waals surface area contributed by atoms with E-state index in [1.54, 1.807) is 17.9 Å². The smallest absolute Gasteiger partial charge is 0.254 e. The molecular formula is C14H17FN2O. The average Bonchev–Trinajstić information content (AvgIpc) is 2.34. The first kappa shape index (κ1) is 12.6. The molecule has 1 aromatic rings. The Bertz CT molecular complexity index is 500. The van der Waals surface area contributed by atoms with Gasteiger partial charge in [-0.3, -0.25) is 4.79 Å². The summed E-state index contributed by atoms with van der Waals surface area (Å²) in [5.41, 5.74) is 7.89. The molecule has 96 valence electrons. The predicted octanol–water partition coefficient (Wildman–Crippen LogP) is 2.51. The number of hydrogen-bond acceptors (Lipinski definition) is 2. The molecule has 0 unspecified atom stereocenters. The zero-order valence-electron chi connectivity index (χ0n) is 10.7. The second kappa shape index (κ2) is 4.80. The molecule has 0 spiro atoms. The number of nitrogens with zero attached hydrogens (tertiary/aromatic N) is 1. The van der Waals surface area contributed by atoms with Gasteiger partial charge in [-0.1, -0.05) is 11.6 Å². The van der Waals surface area contributed by atoms with Crippen LogP contribution in [0.25, 0.3) is 0 Å². The maximum Gasteiger partial charge on any atom is 0.254 e. The van der Waals surface area contributed by atoms with Crippen LogP contribution in [0.5, 0.6) is 0 Å². The van der Waals surface area contributed by atoms with Crippen LogP contribution >= 0.6 is 0 Å². The molecule has 0 saturated heterocycles. The van der Waals surface area contributed by atoms with Gasteiger partial charge in [0.05, 0.1) is 0 Å². The fourth-order valence-corrected chi connectivity index (χ4v) is 2.09. The number of nitrogen functional groups attached to an aromatic ring is 1. The van der Waals surface area contributed by atoms with Crippen LogP contribution in [0.3, 0.4) is 0 Å². The van der Waals surface area contributed by atoms with Crippen LogP contribution < -0.4 is 5.73 Å². The lowest BCUT2D eigenvalue weighted by Crippen LogP contribution is -2.35. The Morgan fingerprint density at radius 2 is 2.11 bits per heavy atom. The second-order valence-corrected chi connectivity index (χ2v) is 4.74. The summed E-state index contributed by atoms with van der Waals surface area (Å²) in [6, 6.07) is 2.82. The lowest BCUT2D eigenvalue weighted by molar-refractivity contribution is 0.0765. The highest BCUT2D eigenvalue weighted by Crippen LogP contribution is 2.20. The maximum absolute atomic E-state index is 13.6. The number of benzene rings is 1. The van der Waals surface area contributed by atoms with E-state index in [9.17, 15) is 9.18 Å². The summed E-state index contributed by atoms with van der Waals surface area (Å²) in [6.07, 6.45) is 2.97. The topological polar surface area (TPSA) is 46.3 Å². The molecule has 0 bridgehead atoms. The first-order valence-corrected chi connectivity index (χ1v) is 5.99. The highest BCUT2D eigenvalue weighted by molar-refractivity contribution is 5.95. The summed E-state index contributed by atoms with van der Waals surface area (Å²) in [4.78, 5) is 14.0. The lowest BCUT2D eigenvalue weighted by Gasteiger charge is -2.26. The third kappa shape index (κ3) is 2.37. The highest BCUT2D eigenvalue weighted by atomic mass is 19.1. The van der Waals surface area contributed by atoms with Crippen LogP contribution in [0.15, 0.2) is 23.8 Å². The van der Waals surface area contributed by atoms with E-state index in [1.165, 1.54) is 6.07 Å². The molecule has 4 heteroatoms. The Balaban J connectivity index is 2.27. The first-order valence-electron chi connectivity index (χ1n) is 5.99. The molecule has 0 fully saturated rings. The van der Waals surface area contributed by atoms with Gasteiger partial charge in [0.15, 0.2) is 0 Å². The van der Waals surface area contributed by atoms with E-state index >= 15 is 0 Å². The van der Waals surface area contributed by atoms with Gasteiger partial charge in [0.1, 0.15) is 5.82 Å². The molecule has 1 amide bonds. The van der Waals surface area contributed by atoms with Crippen molar-refractivity contribution in [2.75, 3.05) is 18.8 Å². The van der Waals surface area contributed by atoms with Gasteiger partial charge in [-0.05, 0) is 32.4 Å². The fraction of sp³-hybridized carbons (Fsp3) is 0.357. The van der Waals surface area contributed by atoms with E-state index in [4.69, 9.17) is 5.73 Å². The number of anilines is 1. The summed E-state index contributed by atoms with van der Waals surface area (Å²) in [5, 5.41) is 0. The third-order valence-corrected chi connectivity index (χ3v) is 3.25. The molecule has 2 N–H and O–H groups in total. The molecular weight excluding hydrogens is 231 g/mol. The molecule has 0 aromatic heterocycles. The summed E-state index contributed by atoms with van der Waals surface area (Å²) in [5.74, 6) is -0.587. The van der Waals surface area contributed by atoms with Crippen molar-refractivity contribution < 1.29 is 9.18 Å². The second-order valence-electron chi connectivity index (χ2n) is 4.74. The summed E-state index contributed by atoms with van der Waals surface area (Å²) in [6.45, 7) is 4.87. The number of carbonyl (C=O) groups is 1. The normalized spacial score (nSPS) is 15.5. The summed E-state index contributed by atoms with van der Waals surface area (Å²) >= 11 is 0. The van der Waals surface area contributed by atoms with Crippen molar-refractivity contribution in [3.05, 3.63) is 40.7 Å². The van der Waals surface area contributed by atoms with Crippen molar-refractivity contribution in [2.45, 2.75) is 20.3 Å². The minimum Gasteiger partial charge on any atom is -0.398 e. The molecule has 0 radical (unpaired) electrons. The van der Waals surface area contributed by atoms with Crippen molar-refractivity contribution >= 4 is 11.6 Å². The van der Waals surface area contributed by atoms with Crippen LogP contribution in [-0.2, 0) is 0 Å². The number of nitrogens with two attached hydrogens (primary N) is 1. The fourth-order valence-electron chi connectivity index (χ4n) is 2.09. The zero-order valence-corrected chi connectivity index (χ0v) is 10.7. The van der Waals surface area contributed by atoms with Crippen LogP contribution in [0, 0.1) is 12.7 Å². The van der Waals surface area contributed by atoms with Crippen LogP contribution in [0.1, 0.15) is 29.3 Å². The minimum absolute atomic E-state index is 0.159. The Labute approximate surface area is 106 Å². The Hall–Kier alpha value is -1.84. The SMILES string of the molecule is CC1=CCCN(C(=O)c2cc(N)c(C)c(F)c2)C1. The predicted molar refractivity (Wildman–Crippen MR) is 69.8 cm³/mol. The van der Waals surface area contributed by atoms with Gasteiger partial charge in [-0.25, -0.2) is 4.39 Å². The third-order valence-electron chi connectivity index (χ3n) is 3.25. The maximum atomic E-state index is 13.6. The number of carbonyl (C=O) groups excluding carboxylic acids is 1. The molecule has 0 atom stereocenters. The molecule has 1 heterocycles. The van der Waals surface area contributed by atoms with Crippen LogP contribution in [-0.4, -0.2) is 23.9 Å². The molecule has 1 aliphatic rings. The quantitative estimate of drug-likeness (QED) is 0.613. The highest BCUT2D eigenvalue weighted by Gasteiger charge is 2.19. The summed E-state index contributed by atoms with van der Waals surface area (Å²) in [7, 11) is 0. The molecule has 1 aromatic carbocycles. The van der Waals surface area contributed by atoms with Gasteiger partial charge in [0, 0.05) is 29.9 Å². The lowest BCUT2D eigenvalue weighted by atomic mass is 10.1. The zero-order chi connectivity index (χ0) is 13.3. The number of rotatable bonds is 1. The van der Waals surface area contributed by atoms with Gasteiger partial charge >= 0.3 is 0 Å². The van der Waals surface area contributed by atoms with Gasteiger partial charge in [-0.2, -0.15) is 0 Å². The van der Waals surface area contributed by atoms with E-state index < -0.39 is 5.82 Å². The van der Waals surface area contributed by atoms with Crippen LogP contribution in [0.2, 0.25) is 0 Å². The minimum atomic E-state index is -0.428. The molecule has 18 heavy (non-hydrogen) atoms. The van der Waals surface area contributed by atoms with E-state index in [2.05, 4.69) is 6.08 Å². The van der Waals surface area contributed by atoms with E-state index in [0.29, 0.717) is 29.9 Å². The molecule has 2 rings (SSSR count). The standard InChI is InChI=1S/C14H17FN2O/c1-9-4-3-5-17(8-9)14(18)11-6-12(15)10(2)13(16)7-11/h4,6-7H,3,5,8,16H2,1-2H3. The van der Waals surface area contributed by atoms with Gasteiger partial charge in [0.25, 0.3) is 5.91 Å². The van der Waals surface area contributed by atoms with E-state index in [1.807, 2.05) is 6.92 Å². The molecule has 0 aliphatic carbocycles. The summed E-state index contributed by atoms with van der Waals surface area (Å²) < 4.78 is 13.6. The molecule has 1 aliphatic heterocycles. The van der Waals surface area contributed by atoms with Crippen molar-refractivity contribution in [3.8, 4) is 0 Å². The Kier molecular flexibility index (Phi) is 3.36. The molecule has 0 saturated carbocycles. The number of halogens is 1. The number of amides is 1. The average molecular weight is 248 g/mol. The largest absolute Gasteiger partial charge is 0.398 e. The van der Waals surface area contributed by atoms with Crippen molar-refractivity contribution in [3.63, 3.8) is 0 Å². The van der Waals surface area contributed by atoms with Crippen molar-refractivity contribution in [1.82, 2.24) is 4.90 Å². The van der Waals surface area contributed by atoms with E-state index in [0.717, 1.165) is 12.0 Å². The van der Waals surface area contributed by atoms with Crippen molar-refractivity contribution in [1.29, 1.82) is 0 Å². The van der Waals surface area contributed by atoms with Gasteiger partial charge < -0.3 is 10.6 Å². The van der Waals surface area contributed by atoms with Gasteiger partial charge in [-0.15, -0.1) is 0 Å². The molecule has 3 nitrogen and oxygen atoms in total. The van der Waals surface area contributed by atoms with E-state index in [-0.39, 0.29) is 5.91 Å². The van der Waals surface area contributed by atoms with Crippen molar-refractivity contribution in [2.24, 2.45) is 0 Å². The Morgan fingerprint density at radius 3 is 2.72 bits per heavy atom.